The van der Waals surface area contributed by atoms with Gasteiger partial charge in [-0.3, -0.25) is 0 Å². The minimum Gasteiger partial charge on any atom is -0.372 e. The molecule has 21 heavy (non-hydrogen) atoms. The summed E-state index contributed by atoms with van der Waals surface area (Å²) in [5.74, 6) is 0.346. The van der Waals surface area contributed by atoms with E-state index < -0.39 is 10.0 Å². The molecule has 0 bridgehead atoms. The summed E-state index contributed by atoms with van der Waals surface area (Å²) >= 11 is 3.27. The Bertz CT molecular complexity index is 615. The van der Waals surface area contributed by atoms with E-state index in [4.69, 9.17) is 0 Å². The van der Waals surface area contributed by atoms with Crippen molar-refractivity contribution in [3.05, 3.63) is 16.7 Å². The Hall–Kier alpha value is -0.700. The first kappa shape index (κ1) is 16.7. The van der Waals surface area contributed by atoms with Crippen LogP contribution in [0.4, 0.5) is 5.82 Å². The van der Waals surface area contributed by atoms with Crippen LogP contribution in [-0.2, 0) is 10.0 Å². The first-order valence-corrected chi connectivity index (χ1v) is 9.09. The third-order valence-corrected chi connectivity index (χ3v) is 6.02. The maximum absolute atomic E-state index is 12.5. The summed E-state index contributed by atoms with van der Waals surface area (Å²) in [6, 6.07) is 1.56. The maximum atomic E-state index is 12.5. The van der Waals surface area contributed by atoms with E-state index in [9.17, 15) is 8.42 Å². The average Bonchev–Trinajstić information content (AvgIpc) is 2.36. The van der Waals surface area contributed by atoms with Crippen LogP contribution in [0, 0.1) is 0 Å². The van der Waals surface area contributed by atoms with Gasteiger partial charge in [-0.2, -0.15) is 0 Å². The van der Waals surface area contributed by atoms with E-state index in [1.807, 2.05) is 14.1 Å². The van der Waals surface area contributed by atoms with Crippen molar-refractivity contribution in [2.24, 2.45) is 0 Å². The summed E-state index contributed by atoms with van der Waals surface area (Å²) in [5, 5.41) is 2.82. The number of halogens is 1. The number of aromatic nitrogens is 1. The molecule has 1 heterocycles. The summed E-state index contributed by atoms with van der Waals surface area (Å²) in [7, 11) is 2.04. The lowest BCUT2D eigenvalue weighted by atomic mass is 9.76. The van der Waals surface area contributed by atoms with Crippen LogP contribution in [-0.4, -0.2) is 51.5 Å². The minimum absolute atomic E-state index is 0.0632. The minimum atomic E-state index is -3.60. The molecule has 6 nitrogen and oxygen atoms in total. The lowest BCUT2D eigenvalue weighted by molar-refractivity contribution is 0.0657. The van der Waals surface area contributed by atoms with Gasteiger partial charge < -0.3 is 10.2 Å². The summed E-state index contributed by atoms with van der Waals surface area (Å²) in [6.07, 6.45) is 4.73. The molecule has 0 aromatic carbocycles. The van der Waals surface area contributed by atoms with Gasteiger partial charge in [0.05, 0.1) is 0 Å². The molecule has 1 saturated carbocycles. The number of hydrogen-bond donors (Lipinski definition) is 2. The second-order valence-electron chi connectivity index (χ2n) is 5.55. The molecule has 0 amide bonds. The summed E-state index contributed by atoms with van der Waals surface area (Å²) in [4.78, 5) is 6.36. The van der Waals surface area contributed by atoms with Gasteiger partial charge in [0, 0.05) is 29.8 Å². The first-order valence-electron chi connectivity index (χ1n) is 6.81. The maximum Gasteiger partial charge on any atom is 0.244 e. The van der Waals surface area contributed by atoms with Crippen molar-refractivity contribution in [2.75, 3.05) is 33.0 Å². The number of pyridine rings is 1. The van der Waals surface area contributed by atoms with E-state index in [1.165, 1.54) is 0 Å². The van der Waals surface area contributed by atoms with Gasteiger partial charge in [0.15, 0.2) is 0 Å². The number of nitrogens with zero attached hydrogens (tertiary/aromatic N) is 2. The fourth-order valence-corrected chi connectivity index (χ4v) is 4.28. The Kier molecular flexibility index (Phi) is 4.92. The Morgan fingerprint density at radius 3 is 2.57 bits per heavy atom. The SMILES string of the molecule is CNc1ncc(Br)cc1S(=O)(=O)NCC1(N(C)C)CCC1. The van der Waals surface area contributed by atoms with Crippen LogP contribution in [0.1, 0.15) is 19.3 Å². The Balaban J connectivity index is 2.21. The van der Waals surface area contributed by atoms with E-state index in [0.717, 1.165) is 19.3 Å². The third kappa shape index (κ3) is 3.39. The molecule has 0 spiro atoms. The molecule has 1 aromatic heterocycles. The number of likely N-dealkylation sites (N-methyl/N-ethyl adjacent to an activating group) is 1. The number of anilines is 1. The van der Waals surface area contributed by atoms with Crippen molar-refractivity contribution in [3.63, 3.8) is 0 Å². The molecule has 0 unspecified atom stereocenters. The molecule has 1 aliphatic carbocycles. The molecule has 0 aliphatic heterocycles. The second-order valence-corrected chi connectivity index (χ2v) is 8.20. The van der Waals surface area contributed by atoms with Crippen LogP contribution in [0.5, 0.6) is 0 Å². The number of nitrogens with one attached hydrogen (secondary N) is 2. The van der Waals surface area contributed by atoms with Crippen molar-refractivity contribution in [1.82, 2.24) is 14.6 Å². The Morgan fingerprint density at radius 2 is 2.10 bits per heavy atom. The van der Waals surface area contributed by atoms with Crippen molar-refractivity contribution < 1.29 is 8.42 Å². The predicted octanol–water partition coefficient (Wildman–Crippen LogP) is 1.65. The highest BCUT2D eigenvalue weighted by Crippen LogP contribution is 2.36. The van der Waals surface area contributed by atoms with Crippen molar-refractivity contribution in [2.45, 2.75) is 29.7 Å². The molecule has 118 valence electrons. The van der Waals surface area contributed by atoms with Crippen LogP contribution in [0.3, 0.4) is 0 Å². The molecule has 1 aliphatic rings. The molecular formula is C13H21BrN4O2S. The molecule has 8 heteroatoms. The number of hydrogen-bond acceptors (Lipinski definition) is 5. The molecular weight excluding hydrogens is 356 g/mol. The molecule has 1 fully saturated rings. The van der Waals surface area contributed by atoms with Gasteiger partial charge in [0.2, 0.25) is 10.0 Å². The summed E-state index contributed by atoms with van der Waals surface area (Å²) in [5.41, 5.74) is -0.0632. The zero-order chi connectivity index (χ0) is 15.7. The molecule has 2 rings (SSSR count). The predicted molar refractivity (Wildman–Crippen MR) is 86.9 cm³/mol. The van der Waals surface area contributed by atoms with Crippen LogP contribution in [0.2, 0.25) is 0 Å². The van der Waals surface area contributed by atoms with Gasteiger partial charge in [-0.05, 0) is 55.4 Å². The highest BCUT2D eigenvalue weighted by molar-refractivity contribution is 9.10. The van der Waals surface area contributed by atoms with E-state index in [0.29, 0.717) is 16.8 Å². The van der Waals surface area contributed by atoms with Crippen molar-refractivity contribution >= 4 is 31.8 Å². The zero-order valence-corrected chi connectivity index (χ0v) is 14.9. The fourth-order valence-electron chi connectivity index (χ4n) is 2.49. The molecule has 0 atom stereocenters. The van der Waals surface area contributed by atoms with Crippen LogP contribution < -0.4 is 10.0 Å². The molecule has 0 saturated heterocycles. The normalized spacial score (nSPS) is 17.6. The van der Waals surface area contributed by atoms with Gasteiger partial charge in [-0.1, -0.05) is 0 Å². The summed E-state index contributed by atoms with van der Waals surface area (Å²) < 4.78 is 28.4. The van der Waals surface area contributed by atoms with Crippen LogP contribution in [0.25, 0.3) is 0 Å². The van der Waals surface area contributed by atoms with Crippen LogP contribution >= 0.6 is 15.9 Å². The first-order chi connectivity index (χ1) is 9.81. The van der Waals surface area contributed by atoms with E-state index in [1.54, 1.807) is 19.3 Å². The van der Waals surface area contributed by atoms with E-state index in [-0.39, 0.29) is 10.4 Å². The Labute approximate surface area is 134 Å². The molecule has 2 N–H and O–H groups in total. The lowest BCUT2D eigenvalue weighted by Crippen LogP contribution is -2.57. The highest BCUT2D eigenvalue weighted by Gasteiger charge is 2.40. The van der Waals surface area contributed by atoms with Gasteiger partial charge in [-0.25, -0.2) is 18.1 Å². The standard InChI is InChI=1S/C13H21BrN4O2S/c1-15-12-11(7-10(14)8-16-12)21(19,20)17-9-13(18(2)3)5-4-6-13/h7-8,17H,4-6,9H2,1-3H3,(H,15,16). The largest absolute Gasteiger partial charge is 0.372 e. The van der Waals surface area contributed by atoms with Crippen molar-refractivity contribution in [1.29, 1.82) is 0 Å². The smallest absolute Gasteiger partial charge is 0.244 e. The van der Waals surface area contributed by atoms with Crippen molar-refractivity contribution in [3.8, 4) is 0 Å². The van der Waals surface area contributed by atoms with Gasteiger partial charge >= 0.3 is 0 Å². The van der Waals surface area contributed by atoms with Gasteiger partial charge in [-0.15, -0.1) is 0 Å². The zero-order valence-electron chi connectivity index (χ0n) is 12.5. The van der Waals surface area contributed by atoms with E-state index in [2.05, 4.69) is 35.9 Å². The highest BCUT2D eigenvalue weighted by atomic mass is 79.9. The van der Waals surface area contributed by atoms with Crippen LogP contribution in [0.15, 0.2) is 21.6 Å². The van der Waals surface area contributed by atoms with Gasteiger partial charge in [0.25, 0.3) is 0 Å². The second kappa shape index (κ2) is 6.20. The van der Waals surface area contributed by atoms with Gasteiger partial charge in [0.1, 0.15) is 10.7 Å². The number of rotatable bonds is 6. The Morgan fingerprint density at radius 1 is 1.43 bits per heavy atom. The topological polar surface area (TPSA) is 74.3 Å². The third-order valence-electron chi connectivity index (χ3n) is 4.17. The molecule has 0 radical (unpaired) electrons. The van der Waals surface area contributed by atoms with E-state index >= 15 is 0 Å². The lowest BCUT2D eigenvalue weighted by Gasteiger charge is -2.47. The quantitative estimate of drug-likeness (QED) is 0.789. The summed E-state index contributed by atoms with van der Waals surface area (Å²) in [6.45, 7) is 0.415. The molecule has 1 aromatic rings. The number of sulfonamides is 1. The monoisotopic (exact) mass is 376 g/mol. The fraction of sp³-hybridized carbons (Fsp3) is 0.615. The average molecular weight is 377 g/mol.